The van der Waals surface area contributed by atoms with Crippen LogP contribution < -0.4 is 15.8 Å². The van der Waals surface area contributed by atoms with E-state index in [1.807, 2.05) is 13.0 Å². The van der Waals surface area contributed by atoms with Crippen LogP contribution in [0.4, 0.5) is 11.4 Å². The molecule has 0 unspecified atom stereocenters. The Kier molecular flexibility index (Phi) is 3.66. The number of nitrogen functional groups attached to an aromatic ring is 1. The van der Waals surface area contributed by atoms with Crippen molar-refractivity contribution in [3.8, 4) is 5.88 Å². The number of rotatable bonds is 3. The zero-order chi connectivity index (χ0) is 13.8. The molecule has 1 amide bonds. The van der Waals surface area contributed by atoms with Crippen LogP contribution in [0.2, 0.25) is 0 Å². The average Bonchev–Trinajstić information content (AvgIpc) is 2.43. The second-order valence-electron chi connectivity index (χ2n) is 4.09. The second kappa shape index (κ2) is 5.39. The third kappa shape index (κ3) is 2.82. The van der Waals surface area contributed by atoms with Crippen molar-refractivity contribution in [1.29, 1.82) is 0 Å². The fourth-order valence-corrected chi connectivity index (χ4v) is 1.64. The van der Waals surface area contributed by atoms with Crippen molar-refractivity contribution < 1.29 is 9.53 Å². The van der Waals surface area contributed by atoms with E-state index < -0.39 is 0 Å². The van der Waals surface area contributed by atoms with Gasteiger partial charge in [-0.05, 0) is 36.8 Å². The number of ether oxygens (including phenoxy) is 1. The predicted molar refractivity (Wildman–Crippen MR) is 74.3 cm³/mol. The zero-order valence-electron chi connectivity index (χ0n) is 10.8. The van der Waals surface area contributed by atoms with Crippen LogP contribution in [0.5, 0.6) is 5.88 Å². The van der Waals surface area contributed by atoms with Gasteiger partial charge in [0.15, 0.2) is 0 Å². The quantitative estimate of drug-likeness (QED) is 0.827. The highest BCUT2D eigenvalue weighted by atomic mass is 16.5. The van der Waals surface area contributed by atoms with Gasteiger partial charge >= 0.3 is 0 Å². The van der Waals surface area contributed by atoms with Crippen molar-refractivity contribution in [1.82, 2.24) is 4.98 Å². The first-order valence-corrected chi connectivity index (χ1v) is 5.78. The Morgan fingerprint density at radius 3 is 2.84 bits per heavy atom. The summed E-state index contributed by atoms with van der Waals surface area (Å²) in [6.45, 7) is 1.91. The first-order chi connectivity index (χ1) is 9.11. The number of pyridine rings is 1. The minimum absolute atomic E-state index is 0.284. The van der Waals surface area contributed by atoms with E-state index in [2.05, 4.69) is 10.3 Å². The van der Waals surface area contributed by atoms with Gasteiger partial charge in [0.25, 0.3) is 5.91 Å². The summed E-state index contributed by atoms with van der Waals surface area (Å²) < 4.78 is 5.05. The molecule has 0 aliphatic heterocycles. The lowest BCUT2D eigenvalue weighted by molar-refractivity contribution is 0.102. The summed E-state index contributed by atoms with van der Waals surface area (Å²) in [7, 11) is 1.48. The van der Waals surface area contributed by atoms with Crippen molar-refractivity contribution >= 4 is 17.3 Å². The SMILES string of the molecule is COc1ncccc1C(=O)Nc1ccc(C)c(N)c1. The molecule has 2 aromatic rings. The summed E-state index contributed by atoms with van der Waals surface area (Å²) in [6, 6.07) is 8.70. The normalized spacial score (nSPS) is 10.0. The smallest absolute Gasteiger partial charge is 0.261 e. The lowest BCUT2D eigenvalue weighted by Crippen LogP contribution is -2.14. The number of hydrogen-bond donors (Lipinski definition) is 2. The van der Waals surface area contributed by atoms with Crippen LogP contribution in [-0.2, 0) is 0 Å². The van der Waals surface area contributed by atoms with E-state index >= 15 is 0 Å². The molecule has 0 bridgehead atoms. The molecule has 0 aliphatic rings. The third-order valence-corrected chi connectivity index (χ3v) is 2.75. The molecule has 1 aromatic carbocycles. The van der Waals surface area contributed by atoms with Crippen molar-refractivity contribution in [3.63, 3.8) is 0 Å². The summed E-state index contributed by atoms with van der Waals surface area (Å²) in [5.41, 5.74) is 8.42. The fraction of sp³-hybridized carbons (Fsp3) is 0.143. The van der Waals surface area contributed by atoms with E-state index in [4.69, 9.17) is 10.5 Å². The molecule has 98 valence electrons. The Hall–Kier alpha value is -2.56. The van der Waals surface area contributed by atoms with E-state index in [-0.39, 0.29) is 5.91 Å². The van der Waals surface area contributed by atoms with Gasteiger partial charge in [-0.25, -0.2) is 4.98 Å². The second-order valence-corrected chi connectivity index (χ2v) is 4.09. The molecule has 5 nitrogen and oxygen atoms in total. The zero-order valence-corrected chi connectivity index (χ0v) is 10.8. The molecule has 5 heteroatoms. The van der Waals surface area contributed by atoms with Crippen LogP contribution in [0.15, 0.2) is 36.5 Å². The Morgan fingerprint density at radius 1 is 1.37 bits per heavy atom. The monoisotopic (exact) mass is 257 g/mol. The number of nitrogens with two attached hydrogens (primary N) is 1. The Labute approximate surface area is 111 Å². The summed E-state index contributed by atoms with van der Waals surface area (Å²) in [6.07, 6.45) is 1.57. The number of carbonyl (C=O) groups is 1. The summed E-state index contributed by atoms with van der Waals surface area (Å²) in [5, 5.41) is 2.76. The highest BCUT2D eigenvalue weighted by molar-refractivity contribution is 6.06. The first-order valence-electron chi connectivity index (χ1n) is 5.78. The van der Waals surface area contributed by atoms with E-state index in [9.17, 15) is 4.79 Å². The maximum Gasteiger partial charge on any atom is 0.261 e. The van der Waals surface area contributed by atoms with E-state index in [1.54, 1.807) is 30.5 Å². The molecule has 0 saturated heterocycles. The molecule has 1 aromatic heterocycles. The Morgan fingerprint density at radius 2 is 2.16 bits per heavy atom. The third-order valence-electron chi connectivity index (χ3n) is 2.75. The van der Waals surface area contributed by atoms with E-state index in [0.29, 0.717) is 22.8 Å². The lowest BCUT2D eigenvalue weighted by Gasteiger charge is -2.09. The van der Waals surface area contributed by atoms with Gasteiger partial charge < -0.3 is 15.8 Å². The van der Waals surface area contributed by atoms with E-state index in [0.717, 1.165) is 5.56 Å². The molecule has 0 radical (unpaired) electrons. The van der Waals surface area contributed by atoms with E-state index in [1.165, 1.54) is 7.11 Å². The minimum Gasteiger partial charge on any atom is -0.480 e. The largest absolute Gasteiger partial charge is 0.480 e. The number of carbonyl (C=O) groups excluding carboxylic acids is 1. The molecule has 0 aliphatic carbocycles. The number of benzene rings is 1. The van der Waals surface area contributed by atoms with Gasteiger partial charge in [0.2, 0.25) is 5.88 Å². The lowest BCUT2D eigenvalue weighted by atomic mass is 10.2. The molecular formula is C14H15N3O2. The number of hydrogen-bond acceptors (Lipinski definition) is 4. The highest BCUT2D eigenvalue weighted by Crippen LogP contribution is 2.19. The Balaban J connectivity index is 2.23. The average molecular weight is 257 g/mol. The van der Waals surface area contributed by atoms with Gasteiger partial charge in [-0.3, -0.25) is 4.79 Å². The molecule has 0 saturated carbocycles. The number of aromatic nitrogens is 1. The van der Waals surface area contributed by atoms with Crippen molar-refractivity contribution in [2.45, 2.75) is 6.92 Å². The number of nitrogens with zero attached hydrogens (tertiary/aromatic N) is 1. The van der Waals surface area contributed by atoms with Crippen LogP contribution in [0.25, 0.3) is 0 Å². The van der Waals surface area contributed by atoms with Crippen LogP contribution in [0.3, 0.4) is 0 Å². The van der Waals surface area contributed by atoms with Crippen LogP contribution in [0, 0.1) is 6.92 Å². The maximum absolute atomic E-state index is 12.1. The van der Waals surface area contributed by atoms with Gasteiger partial charge in [-0.2, -0.15) is 0 Å². The summed E-state index contributed by atoms with van der Waals surface area (Å²) in [5.74, 6) is 0.00767. The molecule has 3 N–H and O–H groups in total. The van der Waals surface area contributed by atoms with Gasteiger partial charge in [-0.1, -0.05) is 6.07 Å². The molecule has 2 rings (SSSR count). The molecule has 19 heavy (non-hydrogen) atoms. The maximum atomic E-state index is 12.1. The van der Waals surface area contributed by atoms with Crippen LogP contribution >= 0.6 is 0 Å². The molecular weight excluding hydrogens is 242 g/mol. The molecule has 0 atom stereocenters. The Bertz CT molecular complexity index is 611. The number of methoxy groups -OCH3 is 1. The fourth-order valence-electron chi connectivity index (χ4n) is 1.64. The van der Waals surface area contributed by atoms with Crippen molar-refractivity contribution in [2.24, 2.45) is 0 Å². The number of amides is 1. The van der Waals surface area contributed by atoms with Gasteiger partial charge in [0.05, 0.1) is 7.11 Å². The van der Waals surface area contributed by atoms with Gasteiger partial charge in [0.1, 0.15) is 5.56 Å². The van der Waals surface area contributed by atoms with Crippen molar-refractivity contribution in [3.05, 3.63) is 47.7 Å². The highest BCUT2D eigenvalue weighted by Gasteiger charge is 2.13. The topological polar surface area (TPSA) is 77.2 Å². The van der Waals surface area contributed by atoms with Crippen LogP contribution in [0.1, 0.15) is 15.9 Å². The molecule has 0 fully saturated rings. The van der Waals surface area contributed by atoms with Gasteiger partial charge in [0, 0.05) is 17.6 Å². The molecule has 1 heterocycles. The number of aryl methyl sites for hydroxylation is 1. The summed E-state index contributed by atoms with van der Waals surface area (Å²) in [4.78, 5) is 16.1. The predicted octanol–water partition coefficient (Wildman–Crippen LogP) is 2.23. The minimum atomic E-state index is -0.284. The van der Waals surface area contributed by atoms with Crippen molar-refractivity contribution in [2.75, 3.05) is 18.2 Å². The summed E-state index contributed by atoms with van der Waals surface area (Å²) >= 11 is 0. The van der Waals surface area contributed by atoms with Gasteiger partial charge in [-0.15, -0.1) is 0 Å². The molecule has 0 spiro atoms. The number of anilines is 2. The standard InChI is InChI=1S/C14H15N3O2/c1-9-5-6-10(8-12(9)15)17-13(18)11-4-3-7-16-14(11)19-2/h3-8H,15H2,1-2H3,(H,17,18). The number of nitrogens with one attached hydrogen (secondary N) is 1. The first kappa shape index (κ1) is 12.9. The van der Waals surface area contributed by atoms with Crippen LogP contribution in [-0.4, -0.2) is 18.0 Å².